The summed E-state index contributed by atoms with van der Waals surface area (Å²) in [5.41, 5.74) is 0.667. The van der Waals surface area contributed by atoms with Gasteiger partial charge >= 0.3 is 0 Å². The smallest absolute Gasteiger partial charge is 0.267 e. The molecule has 0 bridgehead atoms. The minimum atomic E-state index is -3.14. The van der Waals surface area contributed by atoms with Crippen LogP contribution in [0.25, 0.3) is 0 Å². The number of hydrogen-bond donors (Lipinski definition) is 1. The molecule has 0 aromatic carbocycles. The van der Waals surface area contributed by atoms with E-state index in [1.165, 1.54) is 0 Å². The van der Waals surface area contributed by atoms with Crippen LogP contribution in [0, 0.1) is 12.8 Å². The Bertz CT molecular complexity index is 576. The first kappa shape index (κ1) is 15.3. The zero-order chi connectivity index (χ0) is 14.8. The number of sulfonamides is 1. The molecule has 0 atom stereocenters. The van der Waals surface area contributed by atoms with Gasteiger partial charge in [-0.15, -0.1) is 5.10 Å². The van der Waals surface area contributed by atoms with E-state index < -0.39 is 10.0 Å². The van der Waals surface area contributed by atoms with Gasteiger partial charge < -0.3 is 4.90 Å². The molecule has 1 aromatic rings. The predicted octanol–water partition coefficient (Wildman–Crippen LogP) is 0.248. The van der Waals surface area contributed by atoms with Gasteiger partial charge in [-0.1, -0.05) is 4.49 Å². The second-order valence-electron chi connectivity index (χ2n) is 5.04. The SMILES string of the molecule is Cc1nnsc1C(=O)N1CCC(CNS(C)(=O)=O)CC1. The van der Waals surface area contributed by atoms with Gasteiger partial charge in [0.2, 0.25) is 10.0 Å². The van der Waals surface area contributed by atoms with Gasteiger partial charge in [-0.05, 0) is 37.2 Å². The molecule has 0 unspecified atom stereocenters. The minimum Gasteiger partial charge on any atom is -0.338 e. The third-order valence-electron chi connectivity index (χ3n) is 3.38. The summed E-state index contributed by atoms with van der Waals surface area (Å²) in [7, 11) is -3.14. The lowest BCUT2D eigenvalue weighted by atomic mass is 9.97. The van der Waals surface area contributed by atoms with Crippen molar-refractivity contribution in [1.82, 2.24) is 19.2 Å². The summed E-state index contributed by atoms with van der Waals surface area (Å²) in [6.45, 7) is 3.51. The number of aromatic nitrogens is 2. The van der Waals surface area contributed by atoms with Crippen LogP contribution in [0.15, 0.2) is 0 Å². The maximum Gasteiger partial charge on any atom is 0.267 e. The van der Waals surface area contributed by atoms with Crippen molar-refractivity contribution in [1.29, 1.82) is 0 Å². The van der Waals surface area contributed by atoms with E-state index in [0.29, 0.717) is 30.2 Å². The highest BCUT2D eigenvalue weighted by molar-refractivity contribution is 7.88. The van der Waals surface area contributed by atoms with Crippen LogP contribution in [0.2, 0.25) is 0 Å². The van der Waals surface area contributed by atoms with Crippen molar-refractivity contribution in [3.8, 4) is 0 Å². The fourth-order valence-corrected chi connectivity index (χ4v) is 3.34. The van der Waals surface area contributed by atoms with Gasteiger partial charge in [0, 0.05) is 19.6 Å². The Kier molecular flexibility index (Phi) is 4.71. The van der Waals surface area contributed by atoms with Crippen molar-refractivity contribution >= 4 is 27.5 Å². The third kappa shape index (κ3) is 3.97. The molecular weight excluding hydrogens is 300 g/mol. The average Bonchev–Trinajstić information content (AvgIpc) is 2.81. The van der Waals surface area contributed by atoms with Crippen LogP contribution < -0.4 is 4.72 Å². The van der Waals surface area contributed by atoms with Crippen LogP contribution >= 0.6 is 11.5 Å². The molecule has 0 aliphatic carbocycles. The Morgan fingerprint density at radius 3 is 2.60 bits per heavy atom. The molecule has 1 amide bonds. The lowest BCUT2D eigenvalue weighted by molar-refractivity contribution is 0.0696. The number of likely N-dealkylation sites (tertiary alicyclic amines) is 1. The molecule has 0 spiro atoms. The summed E-state index contributed by atoms with van der Waals surface area (Å²) < 4.78 is 28.4. The van der Waals surface area contributed by atoms with E-state index >= 15 is 0 Å². The summed E-state index contributed by atoms with van der Waals surface area (Å²) in [6.07, 6.45) is 2.77. The first-order chi connectivity index (χ1) is 9.37. The van der Waals surface area contributed by atoms with Crippen molar-refractivity contribution in [3.05, 3.63) is 10.6 Å². The summed E-state index contributed by atoms with van der Waals surface area (Å²) in [5.74, 6) is 0.265. The summed E-state index contributed by atoms with van der Waals surface area (Å²) in [6, 6.07) is 0. The summed E-state index contributed by atoms with van der Waals surface area (Å²) in [5, 5.41) is 3.85. The van der Waals surface area contributed by atoms with Gasteiger partial charge in [0.1, 0.15) is 4.88 Å². The first-order valence-corrected chi connectivity index (χ1v) is 9.06. The molecule has 2 heterocycles. The normalized spacial score (nSPS) is 17.4. The molecule has 1 saturated heterocycles. The zero-order valence-corrected chi connectivity index (χ0v) is 13.1. The maximum absolute atomic E-state index is 12.3. The standard InChI is InChI=1S/C11H18N4O3S2/c1-8-10(19-14-13-8)11(16)15-5-3-9(4-6-15)7-12-20(2,17)18/h9,12H,3-7H2,1-2H3. The van der Waals surface area contributed by atoms with Crippen LogP contribution in [0.1, 0.15) is 28.2 Å². The molecule has 1 N–H and O–H groups in total. The number of carbonyl (C=O) groups excluding carboxylic acids is 1. The van der Waals surface area contributed by atoms with Gasteiger partial charge in [-0.3, -0.25) is 4.79 Å². The Morgan fingerprint density at radius 2 is 2.10 bits per heavy atom. The van der Waals surface area contributed by atoms with Crippen LogP contribution in [-0.2, 0) is 10.0 Å². The van der Waals surface area contributed by atoms with E-state index in [1.54, 1.807) is 11.8 Å². The van der Waals surface area contributed by atoms with E-state index in [2.05, 4.69) is 14.3 Å². The third-order valence-corrected chi connectivity index (χ3v) is 4.89. The van der Waals surface area contributed by atoms with Gasteiger partial charge in [0.15, 0.2) is 0 Å². The second kappa shape index (κ2) is 6.15. The lowest BCUT2D eigenvalue weighted by Crippen LogP contribution is -2.41. The lowest BCUT2D eigenvalue weighted by Gasteiger charge is -2.31. The Hall–Kier alpha value is -1.06. The highest BCUT2D eigenvalue weighted by Crippen LogP contribution is 2.20. The molecule has 0 saturated carbocycles. The number of hydrogen-bond acceptors (Lipinski definition) is 6. The molecule has 2 rings (SSSR count). The average molecular weight is 318 g/mol. The number of amides is 1. The van der Waals surface area contributed by atoms with Crippen molar-refractivity contribution in [3.63, 3.8) is 0 Å². The molecule has 9 heteroatoms. The van der Waals surface area contributed by atoms with Crippen LogP contribution in [-0.4, -0.2) is 54.7 Å². The molecule has 7 nitrogen and oxygen atoms in total. The van der Waals surface area contributed by atoms with Gasteiger partial charge in [0.05, 0.1) is 11.9 Å². The van der Waals surface area contributed by atoms with Crippen molar-refractivity contribution in [2.45, 2.75) is 19.8 Å². The van der Waals surface area contributed by atoms with E-state index in [-0.39, 0.29) is 11.8 Å². The molecular formula is C11H18N4O3S2. The topological polar surface area (TPSA) is 92.3 Å². The maximum atomic E-state index is 12.3. The second-order valence-corrected chi connectivity index (χ2v) is 7.63. The summed E-state index contributed by atoms with van der Waals surface area (Å²) >= 11 is 1.12. The predicted molar refractivity (Wildman–Crippen MR) is 76.1 cm³/mol. The van der Waals surface area contributed by atoms with E-state index in [1.807, 2.05) is 0 Å². The Labute approximate surface area is 122 Å². The Balaban J connectivity index is 1.85. The number of nitrogens with one attached hydrogen (secondary N) is 1. The number of rotatable bonds is 4. The molecule has 1 aliphatic rings. The molecule has 1 fully saturated rings. The van der Waals surface area contributed by atoms with Crippen LogP contribution in [0.3, 0.4) is 0 Å². The largest absolute Gasteiger partial charge is 0.338 e. The fraction of sp³-hybridized carbons (Fsp3) is 0.727. The molecule has 20 heavy (non-hydrogen) atoms. The van der Waals surface area contributed by atoms with Crippen molar-refractivity contribution in [2.24, 2.45) is 5.92 Å². The van der Waals surface area contributed by atoms with Crippen molar-refractivity contribution in [2.75, 3.05) is 25.9 Å². The first-order valence-electron chi connectivity index (χ1n) is 6.39. The van der Waals surface area contributed by atoms with E-state index in [4.69, 9.17) is 0 Å². The number of aryl methyl sites for hydroxylation is 1. The highest BCUT2D eigenvalue weighted by atomic mass is 32.2. The zero-order valence-electron chi connectivity index (χ0n) is 11.5. The monoisotopic (exact) mass is 318 g/mol. The van der Waals surface area contributed by atoms with Crippen LogP contribution in [0.5, 0.6) is 0 Å². The van der Waals surface area contributed by atoms with Gasteiger partial charge in [0.25, 0.3) is 5.91 Å². The number of carbonyl (C=O) groups is 1. The van der Waals surface area contributed by atoms with E-state index in [9.17, 15) is 13.2 Å². The fourth-order valence-electron chi connectivity index (χ4n) is 2.18. The van der Waals surface area contributed by atoms with Crippen molar-refractivity contribution < 1.29 is 13.2 Å². The van der Waals surface area contributed by atoms with Crippen LogP contribution in [0.4, 0.5) is 0 Å². The molecule has 112 valence electrons. The number of nitrogens with zero attached hydrogens (tertiary/aromatic N) is 3. The molecule has 0 radical (unpaired) electrons. The molecule has 1 aromatic heterocycles. The van der Waals surface area contributed by atoms with Gasteiger partial charge in [-0.2, -0.15) is 0 Å². The number of piperidine rings is 1. The molecule has 1 aliphatic heterocycles. The quantitative estimate of drug-likeness (QED) is 0.859. The van der Waals surface area contributed by atoms with Gasteiger partial charge in [-0.25, -0.2) is 13.1 Å². The summed E-state index contributed by atoms with van der Waals surface area (Å²) in [4.78, 5) is 14.6. The minimum absolute atomic E-state index is 0.0213. The highest BCUT2D eigenvalue weighted by Gasteiger charge is 2.26. The Morgan fingerprint density at radius 1 is 1.45 bits per heavy atom. The van der Waals surface area contributed by atoms with E-state index in [0.717, 1.165) is 30.6 Å².